The van der Waals surface area contributed by atoms with Crippen molar-refractivity contribution in [2.45, 2.75) is 0 Å². The van der Waals surface area contributed by atoms with Crippen molar-refractivity contribution in [2.24, 2.45) is 0 Å². The van der Waals surface area contributed by atoms with Gasteiger partial charge in [-0.25, -0.2) is 0 Å². The Labute approximate surface area is 124 Å². The molecule has 1 heterocycles. The molecular weight excluding hydrogens is 278 g/mol. The van der Waals surface area contributed by atoms with Crippen LogP contribution in [0.4, 0.5) is 5.69 Å². The quantitative estimate of drug-likeness (QED) is 0.875. The molecule has 0 saturated carbocycles. The fourth-order valence-electron chi connectivity index (χ4n) is 2.40. The number of nitrogens with zero attached hydrogens (tertiary/aromatic N) is 2. The number of anilines is 1. The van der Waals surface area contributed by atoms with Crippen molar-refractivity contribution < 1.29 is 9.90 Å². The van der Waals surface area contributed by atoms with Gasteiger partial charge in [0.25, 0.3) is 5.91 Å². The van der Waals surface area contributed by atoms with Gasteiger partial charge in [-0.2, -0.15) is 0 Å². The molecule has 1 fully saturated rings. The summed E-state index contributed by atoms with van der Waals surface area (Å²) in [6.45, 7) is 3.76. The number of amides is 1. The number of piperazine rings is 1. The maximum Gasteiger partial charge on any atom is 0.256 e. The minimum atomic E-state index is 0.000462. The van der Waals surface area contributed by atoms with E-state index in [0.29, 0.717) is 30.2 Å². The molecule has 0 aromatic heterocycles. The van der Waals surface area contributed by atoms with Gasteiger partial charge in [0.05, 0.1) is 12.2 Å². The fraction of sp³-hybridized carbons (Fsp3) is 0.500. The van der Waals surface area contributed by atoms with Crippen LogP contribution >= 0.6 is 11.6 Å². The molecule has 6 heteroatoms. The van der Waals surface area contributed by atoms with Gasteiger partial charge in [-0.05, 0) is 18.2 Å². The summed E-state index contributed by atoms with van der Waals surface area (Å²) in [5.74, 6) is 0.000462. The van der Waals surface area contributed by atoms with E-state index < -0.39 is 0 Å². The van der Waals surface area contributed by atoms with Crippen LogP contribution in [-0.4, -0.2) is 67.2 Å². The van der Waals surface area contributed by atoms with Gasteiger partial charge in [-0.1, -0.05) is 11.6 Å². The largest absolute Gasteiger partial charge is 0.395 e. The third-order valence-electron chi connectivity index (χ3n) is 3.56. The number of β-amino-alcohol motifs (C(OH)–C–C–N with tert-alkyl or cyclic N) is 1. The van der Waals surface area contributed by atoms with Gasteiger partial charge in [0.1, 0.15) is 0 Å². The number of benzene rings is 1. The lowest BCUT2D eigenvalue weighted by Crippen LogP contribution is -2.49. The van der Waals surface area contributed by atoms with E-state index in [9.17, 15) is 4.79 Å². The lowest BCUT2D eigenvalue weighted by Gasteiger charge is -2.34. The number of hydrogen-bond acceptors (Lipinski definition) is 4. The molecule has 0 aliphatic carbocycles. The maximum absolute atomic E-state index is 12.6. The summed E-state index contributed by atoms with van der Waals surface area (Å²) in [4.78, 5) is 16.5. The molecule has 2 rings (SSSR count). The van der Waals surface area contributed by atoms with Crippen LogP contribution < -0.4 is 5.32 Å². The van der Waals surface area contributed by atoms with Crippen molar-refractivity contribution in [2.75, 3.05) is 51.7 Å². The Kier molecular flexibility index (Phi) is 5.23. The highest BCUT2D eigenvalue weighted by Crippen LogP contribution is 2.22. The van der Waals surface area contributed by atoms with Crippen molar-refractivity contribution in [3.63, 3.8) is 0 Å². The molecule has 1 aromatic rings. The van der Waals surface area contributed by atoms with E-state index in [2.05, 4.69) is 10.2 Å². The number of carbonyl (C=O) groups excluding carboxylic acids is 1. The summed E-state index contributed by atoms with van der Waals surface area (Å²) in [6, 6.07) is 5.29. The van der Waals surface area contributed by atoms with Crippen molar-refractivity contribution in [3.8, 4) is 0 Å². The molecule has 0 unspecified atom stereocenters. The van der Waals surface area contributed by atoms with Crippen LogP contribution in [0.3, 0.4) is 0 Å². The summed E-state index contributed by atoms with van der Waals surface area (Å²) >= 11 is 5.99. The zero-order chi connectivity index (χ0) is 14.5. The van der Waals surface area contributed by atoms with Crippen LogP contribution in [0.5, 0.6) is 0 Å². The Balaban J connectivity index is 2.07. The Bertz CT molecular complexity index is 473. The molecule has 5 nitrogen and oxygen atoms in total. The molecule has 0 bridgehead atoms. The van der Waals surface area contributed by atoms with Gasteiger partial charge in [-0.3, -0.25) is 9.69 Å². The fourth-order valence-corrected chi connectivity index (χ4v) is 2.57. The third-order valence-corrected chi connectivity index (χ3v) is 3.79. The number of carbonyl (C=O) groups is 1. The van der Waals surface area contributed by atoms with Crippen molar-refractivity contribution in [3.05, 3.63) is 28.8 Å². The van der Waals surface area contributed by atoms with Crippen LogP contribution in [-0.2, 0) is 0 Å². The lowest BCUT2D eigenvalue weighted by atomic mass is 10.1. The molecule has 1 saturated heterocycles. The molecule has 1 aromatic carbocycles. The summed E-state index contributed by atoms with van der Waals surface area (Å²) in [7, 11) is 1.79. The van der Waals surface area contributed by atoms with Gasteiger partial charge in [0.15, 0.2) is 0 Å². The minimum Gasteiger partial charge on any atom is -0.395 e. The number of nitrogens with one attached hydrogen (secondary N) is 1. The summed E-state index contributed by atoms with van der Waals surface area (Å²) in [5.41, 5.74) is 1.40. The van der Waals surface area contributed by atoms with Gasteiger partial charge < -0.3 is 15.3 Å². The van der Waals surface area contributed by atoms with Gasteiger partial charge in [-0.15, -0.1) is 0 Å². The predicted molar refractivity (Wildman–Crippen MR) is 80.4 cm³/mol. The molecular formula is C14H20ClN3O2. The average molecular weight is 298 g/mol. The first-order chi connectivity index (χ1) is 9.65. The second-order valence-corrected chi connectivity index (χ2v) is 5.23. The topological polar surface area (TPSA) is 55.8 Å². The first-order valence-corrected chi connectivity index (χ1v) is 7.13. The van der Waals surface area contributed by atoms with Crippen LogP contribution in [0.1, 0.15) is 10.4 Å². The van der Waals surface area contributed by atoms with Crippen molar-refractivity contribution >= 4 is 23.2 Å². The molecule has 1 aliphatic rings. The molecule has 1 amide bonds. The number of hydrogen-bond donors (Lipinski definition) is 2. The van der Waals surface area contributed by atoms with E-state index in [4.69, 9.17) is 16.7 Å². The summed E-state index contributed by atoms with van der Waals surface area (Å²) in [6.07, 6.45) is 0. The highest BCUT2D eigenvalue weighted by atomic mass is 35.5. The van der Waals surface area contributed by atoms with E-state index >= 15 is 0 Å². The number of halogens is 1. The molecule has 20 heavy (non-hydrogen) atoms. The SMILES string of the molecule is CNc1ccc(Cl)cc1C(=O)N1CCN(CCO)CC1. The number of aliphatic hydroxyl groups excluding tert-OH is 1. The molecule has 0 radical (unpaired) electrons. The Hall–Kier alpha value is -1.30. The third kappa shape index (κ3) is 3.42. The molecule has 2 N–H and O–H groups in total. The maximum atomic E-state index is 12.6. The standard InChI is InChI=1S/C14H20ClN3O2/c1-16-13-3-2-11(15)10-12(13)14(20)18-6-4-17(5-7-18)8-9-19/h2-3,10,16,19H,4-9H2,1H3. The summed E-state index contributed by atoms with van der Waals surface area (Å²) in [5, 5.41) is 12.5. The number of aliphatic hydroxyl groups is 1. The highest BCUT2D eigenvalue weighted by molar-refractivity contribution is 6.31. The molecule has 110 valence electrons. The Morgan fingerprint density at radius 3 is 2.65 bits per heavy atom. The Morgan fingerprint density at radius 2 is 2.05 bits per heavy atom. The van der Waals surface area contributed by atoms with E-state index in [1.54, 1.807) is 19.2 Å². The van der Waals surface area contributed by atoms with E-state index in [1.807, 2.05) is 11.0 Å². The molecule has 0 spiro atoms. The monoisotopic (exact) mass is 297 g/mol. The normalized spacial score (nSPS) is 16.2. The van der Waals surface area contributed by atoms with Crippen molar-refractivity contribution in [1.29, 1.82) is 0 Å². The van der Waals surface area contributed by atoms with Crippen LogP contribution in [0, 0.1) is 0 Å². The molecule has 0 atom stereocenters. The van der Waals surface area contributed by atoms with Crippen LogP contribution in [0.25, 0.3) is 0 Å². The zero-order valence-corrected chi connectivity index (χ0v) is 12.4. The van der Waals surface area contributed by atoms with E-state index in [1.165, 1.54) is 0 Å². The van der Waals surface area contributed by atoms with Crippen molar-refractivity contribution in [1.82, 2.24) is 9.80 Å². The predicted octanol–water partition coefficient (Wildman–Crippen LogP) is 1.13. The minimum absolute atomic E-state index is 0.000462. The smallest absolute Gasteiger partial charge is 0.256 e. The number of rotatable bonds is 4. The average Bonchev–Trinajstić information content (AvgIpc) is 2.47. The second kappa shape index (κ2) is 6.92. The summed E-state index contributed by atoms with van der Waals surface area (Å²) < 4.78 is 0. The Morgan fingerprint density at radius 1 is 1.35 bits per heavy atom. The van der Waals surface area contributed by atoms with Gasteiger partial charge in [0, 0.05) is 50.5 Å². The first-order valence-electron chi connectivity index (χ1n) is 6.75. The lowest BCUT2D eigenvalue weighted by molar-refractivity contribution is 0.0616. The highest BCUT2D eigenvalue weighted by Gasteiger charge is 2.23. The van der Waals surface area contributed by atoms with Gasteiger partial charge in [0.2, 0.25) is 0 Å². The zero-order valence-electron chi connectivity index (χ0n) is 11.6. The van der Waals surface area contributed by atoms with E-state index in [-0.39, 0.29) is 12.5 Å². The van der Waals surface area contributed by atoms with E-state index in [0.717, 1.165) is 18.8 Å². The van der Waals surface area contributed by atoms with Crippen LogP contribution in [0.2, 0.25) is 5.02 Å². The molecule has 1 aliphatic heterocycles. The van der Waals surface area contributed by atoms with Crippen LogP contribution in [0.15, 0.2) is 18.2 Å². The second-order valence-electron chi connectivity index (χ2n) is 4.80. The van der Waals surface area contributed by atoms with Gasteiger partial charge >= 0.3 is 0 Å². The first kappa shape index (κ1) is 15.1.